The molecule has 1 N–H and O–H groups in total. The highest BCUT2D eigenvalue weighted by Gasteiger charge is 2.30. The van der Waals surface area contributed by atoms with E-state index in [0.29, 0.717) is 21.9 Å². The summed E-state index contributed by atoms with van der Waals surface area (Å²) in [5.74, 6) is 0.117. The number of hydrogen-bond donors (Lipinski definition) is 1. The fourth-order valence-electron chi connectivity index (χ4n) is 2.42. The number of aromatic nitrogens is 2. The van der Waals surface area contributed by atoms with Crippen LogP contribution in [0.2, 0.25) is 0 Å². The lowest BCUT2D eigenvalue weighted by Crippen LogP contribution is -2.38. The predicted octanol–water partition coefficient (Wildman–Crippen LogP) is 2.93. The molecule has 1 aromatic carbocycles. The van der Waals surface area contributed by atoms with Crippen molar-refractivity contribution in [3.63, 3.8) is 0 Å². The first-order chi connectivity index (χ1) is 13.1. The fraction of sp³-hybridized carbons (Fsp3) is 0.176. The number of para-hydroxylation sites is 2. The van der Waals surface area contributed by atoms with Gasteiger partial charge in [0.05, 0.1) is 12.1 Å². The van der Waals surface area contributed by atoms with E-state index < -0.39 is 18.0 Å². The standard InChI is InChI=1S/C17H12BrN3O6/c18-13-6-5-11(26-13)17-21-20-14(27-17)8-24-15(22)7-12-16(23)19-9-3-1-2-4-10(9)25-12/h1-6,12H,7-8H2,(H,19,23)/t12-/m1/s1. The minimum Gasteiger partial charge on any atom is -0.478 e. The molecule has 2 aromatic heterocycles. The molecule has 10 heteroatoms. The molecular weight excluding hydrogens is 422 g/mol. The number of rotatable bonds is 5. The SMILES string of the molecule is O=C(C[C@H]1Oc2ccccc2NC1=O)OCc1nnc(-c2ccc(Br)o2)o1. The molecule has 0 saturated carbocycles. The number of benzene rings is 1. The smallest absolute Gasteiger partial charge is 0.310 e. The van der Waals surface area contributed by atoms with Gasteiger partial charge in [-0.1, -0.05) is 12.1 Å². The zero-order valence-corrected chi connectivity index (χ0v) is 15.3. The lowest BCUT2D eigenvalue weighted by molar-refractivity contribution is -0.149. The Morgan fingerprint density at radius 3 is 2.85 bits per heavy atom. The fourth-order valence-corrected chi connectivity index (χ4v) is 2.73. The predicted molar refractivity (Wildman–Crippen MR) is 93.6 cm³/mol. The summed E-state index contributed by atoms with van der Waals surface area (Å²) in [6.45, 7) is -0.224. The Morgan fingerprint density at radius 2 is 2.04 bits per heavy atom. The van der Waals surface area contributed by atoms with Gasteiger partial charge >= 0.3 is 5.97 Å². The van der Waals surface area contributed by atoms with Crippen LogP contribution < -0.4 is 10.1 Å². The van der Waals surface area contributed by atoms with E-state index in [-0.39, 0.29) is 24.8 Å². The highest BCUT2D eigenvalue weighted by molar-refractivity contribution is 9.10. The molecule has 3 heterocycles. The Morgan fingerprint density at radius 1 is 1.19 bits per heavy atom. The third-order valence-corrected chi connectivity index (χ3v) is 4.09. The summed E-state index contributed by atoms with van der Waals surface area (Å²) in [4.78, 5) is 24.1. The van der Waals surface area contributed by atoms with E-state index in [1.807, 2.05) is 0 Å². The number of hydrogen-bond acceptors (Lipinski definition) is 8. The van der Waals surface area contributed by atoms with Crippen molar-refractivity contribution in [3.8, 4) is 17.4 Å². The van der Waals surface area contributed by atoms with Crippen LogP contribution in [0.3, 0.4) is 0 Å². The first-order valence-corrected chi connectivity index (χ1v) is 8.68. The second kappa shape index (κ2) is 7.23. The number of halogens is 1. The molecule has 0 unspecified atom stereocenters. The second-order valence-corrected chi connectivity index (χ2v) is 6.34. The van der Waals surface area contributed by atoms with Crippen molar-refractivity contribution >= 4 is 33.5 Å². The molecular formula is C17H12BrN3O6. The van der Waals surface area contributed by atoms with Crippen LogP contribution in [-0.4, -0.2) is 28.2 Å². The topological polar surface area (TPSA) is 117 Å². The highest BCUT2D eigenvalue weighted by Crippen LogP contribution is 2.29. The number of amides is 1. The number of ether oxygens (including phenoxy) is 2. The minimum atomic E-state index is -0.967. The average molecular weight is 434 g/mol. The normalized spacial score (nSPS) is 15.6. The summed E-state index contributed by atoms with van der Waals surface area (Å²) in [6, 6.07) is 10.3. The molecule has 1 amide bonds. The van der Waals surface area contributed by atoms with E-state index in [4.69, 9.17) is 18.3 Å². The lowest BCUT2D eigenvalue weighted by atomic mass is 10.1. The van der Waals surface area contributed by atoms with E-state index in [2.05, 4.69) is 31.4 Å². The summed E-state index contributed by atoms with van der Waals surface area (Å²) < 4.78 is 21.8. The van der Waals surface area contributed by atoms with Crippen molar-refractivity contribution in [3.05, 3.63) is 47.0 Å². The number of esters is 1. The zero-order chi connectivity index (χ0) is 18.8. The summed E-state index contributed by atoms with van der Waals surface area (Å²) in [5.41, 5.74) is 0.565. The number of anilines is 1. The molecule has 27 heavy (non-hydrogen) atoms. The van der Waals surface area contributed by atoms with Crippen LogP contribution in [0.4, 0.5) is 5.69 Å². The molecule has 0 bridgehead atoms. The molecule has 1 atom stereocenters. The van der Waals surface area contributed by atoms with Gasteiger partial charge in [-0.05, 0) is 40.2 Å². The third-order valence-electron chi connectivity index (χ3n) is 3.67. The lowest BCUT2D eigenvalue weighted by Gasteiger charge is -2.24. The summed E-state index contributed by atoms with van der Waals surface area (Å²) in [6.07, 6.45) is -1.21. The van der Waals surface area contributed by atoms with Crippen LogP contribution in [0, 0.1) is 0 Å². The summed E-state index contributed by atoms with van der Waals surface area (Å²) in [7, 11) is 0. The Balaban J connectivity index is 1.33. The quantitative estimate of drug-likeness (QED) is 0.610. The molecule has 1 aliphatic rings. The van der Waals surface area contributed by atoms with E-state index in [0.717, 1.165) is 0 Å². The van der Waals surface area contributed by atoms with Gasteiger partial charge in [-0.2, -0.15) is 0 Å². The monoisotopic (exact) mass is 433 g/mol. The van der Waals surface area contributed by atoms with Gasteiger partial charge in [0, 0.05) is 0 Å². The van der Waals surface area contributed by atoms with Crippen LogP contribution in [0.25, 0.3) is 11.7 Å². The molecule has 9 nitrogen and oxygen atoms in total. The molecule has 0 aliphatic carbocycles. The van der Waals surface area contributed by atoms with E-state index in [9.17, 15) is 9.59 Å². The largest absolute Gasteiger partial charge is 0.478 e. The Labute approximate surface area is 160 Å². The molecule has 4 rings (SSSR count). The van der Waals surface area contributed by atoms with Gasteiger partial charge in [0.25, 0.3) is 17.7 Å². The summed E-state index contributed by atoms with van der Waals surface area (Å²) >= 11 is 3.18. The number of fused-ring (bicyclic) bond motifs is 1. The molecule has 0 radical (unpaired) electrons. The van der Waals surface area contributed by atoms with Gasteiger partial charge in [0.15, 0.2) is 23.1 Å². The molecule has 0 spiro atoms. The first-order valence-electron chi connectivity index (χ1n) is 7.89. The maximum atomic E-state index is 12.0. The van der Waals surface area contributed by atoms with E-state index in [1.165, 1.54) is 0 Å². The zero-order valence-electron chi connectivity index (χ0n) is 13.7. The Bertz CT molecular complexity index is 998. The van der Waals surface area contributed by atoms with Crippen LogP contribution in [0.5, 0.6) is 5.75 Å². The van der Waals surface area contributed by atoms with E-state index in [1.54, 1.807) is 36.4 Å². The van der Waals surface area contributed by atoms with Crippen molar-refractivity contribution in [1.82, 2.24) is 10.2 Å². The minimum absolute atomic E-state index is 0.102. The Hall–Kier alpha value is -3.14. The van der Waals surface area contributed by atoms with Crippen LogP contribution >= 0.6 is 15.9 Å². The molecule has 0 saturated heterocycles. The number of nitrogens with one attached hydrogen (secondary N) is 1. The first kappa shape index (κ1) is 17.3. The number of furan rings is 1. The number of carbonyl (C=O) groups is 2. The van der Waals surface area contributed by atoms with Crippen LogP contribution in [0.1, 0.15) is 12.3 Å². The van der Waals surface area contributed by atoms with Gasteiger partial charge < -0.3 is 23.6 Å². The molecule has 3 aromatic rings. The number of nitrogens with zero attached hydrogens (tertiary/aromatic N) is 2. The number of carbonyl (C=O) groups excluding carboxylic acids is 2. The maximum Gasteiger partial charge on any atom is 0.310 e. The van der Waals surface area contributed by atoms with Crippen molar-refractivity contribution in [1.29, 1.82) is 0 Å². The maximum absolute atomic E-state index is 12.0. The highest BCUT2D eigenvalue weighted by atomic mass is 79.9. The third kappa shape index (κ3) is 3.85. The van der Waals surface area contributed by atoms with Gasteiger partial charge in [-0.15, -0.1) is 10.2 Å². The Kier molecular flexibility index (Phi) is 4.63. The van der Waals surface area contributed by atoms with Crippen LogP contribution in [0.15, 0.2) is 49.9 Å². The average Bonchev–Trinajstić information content (AvgIpc) is 3.29. The summed E-state index contributed by atoms with van der Waals surface area (Å²) in [5, 5.41) is 10.3. The van der Waals surface area contributed by atoms with Crippen molar-refractivity contribution in [2.24, 2.45) is 0 Å². The van der Waals surface area contributed by atoms with Crippen molar-refractivity contribution in [2.75, 3.05) is 5.32 Å². The molecule has 0 fully saturated rings. The van der Waals surface area contributed by atoms with Gasteiger partial charge in [0.1, 0.15) is 5.75 Å². The van der Waals surface area contributed by atoms with Crippen molar-refractivity contribution in [2.45, 2.75) is 19.1 Å². The van der Waals surface area contributed by atoms with Crippen molar-refractivity contribution < 1.29 is 27.9 Å². The van der Waals surface area contributed by atoms with Gasteiger partial charge in [-0.25, -0.2) is 0 Å². The second-order valence-electron chi connectivity index (χ2n) is 5.56. The van der Waals surface area contributed by atoms with Gasteiger partial charge in [0.2, 0.25) is 0 Å². The molecule has 1 aliphatic heterocycles. The van der Waals surface area contributed by atoms with E-state index >= 15 is 0 Å². The molecule has 138 valence electrons. The van der Waals surface area contributed by atoms with Gasteiger partial charge in [-0.3, -0.25) is 9.59 Å². The van der Waals surface area contributed by atoms with Crippen LogP contribution in [-0.2, 0) is 20.9 Å².